The standard InChI is InChI=1S/C37H31FN2O6.C31H21FN2O4/c1-37(2,3)46-28(41)22-44-33-27-15-10-20-39-31(27)34(45-32(24-11-6-4-7-12-24)25-13-8-5-9-14-25)30-29(33)35(42)40(36(30)43)21-23-16-18-26(38)19-17-23;32-22-15-13-19(14-16-22)18-34-30(36)24-25(31(34)37)29(26-23(27(24)35)12-7-17-33-26)38-28(20-8-3-1-4-9-20)21-10-5-2-6-11-21/h4-20,32H,21-22H2,1-3H3;1-17,28,35H,18H2. The van der Waals surface area contributed by atoms with Crippen molar-refractivity contribution >= 4 is 51.4 Å². The highest BCUT2D eigenvalue weighted by molar-refractivity contribution is 6.28. The summed E-state index contributed by atoms with van der Waals surface area (Å²) in [4.78, 5) is 79.5. The zero-order valence-corrected chi connectivity index (χ0v) is 45.6. The SMILES string of the molecule is CC(C)(C)OC(=O)COc1c2c(c(OC(c3ccccc3)c3ccccc3)c3ncccc13)C(=O)N(Cc1ccc(F)cc1)C2=O.O=C1c2c(c(OC(c3ccccc3)c3ccccc3)c3ncccc3c2O)C(=O)N1Cc1ccc(F)cc1. The molecule has 14 nitrogen and oxygen atoms in total. The Labute approximate surface area is 481 Å². The van der Waals surface area contributed by atoms with Gasteiger partial charge in [0.2, 0.25) is 0 Å². The zero-order chi connectivity index (χ0) is 58.6. The number of aromatic nitrogens is 2. The highest BCUT2D eigenvalue weighted by atomic mass is 19.1. The van der Waals surface area contributed by atoms with Crippen LogP contribution < -0.4 is 14.2 Å². The number of phenols is 1. The molecule has 4 heterocycles. The van der Waals surface area contributed by atoms with E-state index in [-0.39, 0.29) is 69.4 Å². The number of fused-ring (bicyclic) bond motifs is 4. The summed E-state index contributed by atoms with van der Waals surface area (Å²) < 4.78 is 51.9. The lowest BCUT2D eigenvalue weighted by molar-refractivity contribution is -0.157. The number of pyridine rings is 2. The third-order valence-electron chi connectivity index (χ3n) is 13.9. The van der Waals surface area contributed by atoms with E-state index in [1.54, 1.807) is 57.4 Å². The number of carbonyl (C=O) groups excluding carboxylic acids is 5. The number of amides is 4. The number of esters is 1. The second-order valence-corrected chi connectivity index (χ2v) is 20.8. The van der Waals surface area contributed by atoms with Crippen LogP contribution in [0, 0.1) is 11.6 Å². The van der Waals surface area contributed by atoms with Gasteiger partial charge in [-0.1, -0.05) is 146 Å². The minimum absolute atomic E-state index is 0.0206. The fourth-order valence-corrected chi connectivity index (χ4v) is 10.2. The maximum absolute atomic E-state index is 14.3. The van der Waals surface area contributed by atoms with Crippen LogP contribution in [-0.4, -0.2) is 66.7 Å². The molecule has 0 unspecified atom stereocenters. The van der Waals surface area contributed by atoms with E-state index < -0.39 is 65.6 Å². The Morgan fingerprint density at radius 1 is 0.476 bits per heavy atom. The van der Waals surface area contributed by atoms with Gasteiger partial charge in [-0.05, 0) is 103 Å². The molecule has 4 amide bonds. The summed E-state index contributed by atoms with van der Waals surface area (Å²) in [6, 6.07) is 55.8. The van der Waals surface area contributed by atoms with Crippen molar-refractivity contribution in [3.8, 4) is 23.0 Å². The summed E-state index contributed by atoms with van der Waals surface area (Å²) in [5.74, 6) is -4.14. The number of rotatable bonds is 15. The molecule has 1 N–H and O–H groups in total. The second kappa shape index (κ2) is 23.5. The van der Waals surface area contributed by atoms with E-state index in [9.17, 15) is 37.9 Å². The predicted octanol–water partition coefficient (Wildman–Crippen LogP) is 13.1. The van der Waals surface area contributed by atoms with Crippen LogP contribution in [0.15, 0.2) is 207 Å². The first-order chi connectivity index (χ1) is 40.6. The average molecular weight is 1120 g/mol. The highest BCUT2D eigenvalue weighted by Crippen LogP contribution is 2.48. The molecule has 84 heavy (non-hydrogen) atoms. The maximum Gasteiger partial charge on any atom is 0.344 e. The van der Waals surface area contributed by atoms with Crippen LogP contribution in [0.5, 0.6) is 23.0 Å². The average Bonchev–Trinajstić information content (AvgIpc) is 3.99. The molecule has 12 rings (SSSR count). The van der Waals surface area contributed by atoms with Crippen molar-refractivity contribution in [3.05, 3.63) is 274 Å². The topological polar surface area (TPSA) is 175 Å². The van der Waals surface area contributed by atoms with Gasteiger partial charge in [-0.2, -0.15) is 0 Å². The lowest BCUT2D eigenvalue weighted by atomic mass is 9.99. The fourth-order valence-electron chi connectivity index (χ4n) is 10.2. The van der Waals surface area contributed by atoms with Crippen LogP contribution in [0.3, 0.4) is 0 Å². The molecule has 2 aromatic heterocycles. The monoisotopic (exact) mass is 1120 g/mol. The van der Waals surface area contributed by atoms with E-state index in [1.165, 1.54) is 48.5 Å². The Morgan fingerprint density at radius 2 is 0.833 bits per heavy atom. The first-order valence-corrected chi connectivity index (χ1v) is 26.8. The van der Waals surface area contributed by atoms with Gasteiger partial charge in [0.25, 0.3) is 23.6 Å². The molecule has 0 atom stereocenters. The summed E-state index contributed by atoms with van der Waals surface area (Å²) in [5.41, 5.74) is 3.95. The van der Waals surface area contributed by atoms with E-state index in [0.29, 0.717) is 21.9 Å². The number of phenolic OH excluding ortho intramolecular Hbond substituents is 1. The molecule has 16 heteroatoms. The number of carbonyl (C=O) groups is 5. The molecule has 0 bridgehead atoms. The normalized spacial score (nSPS) is 12.8. The van der Waals surface area contributed by atoms with Crippen molar-refractivity contribution in [2.45, 2.75) is 51.7 Å². The maximum atomic E-state index is 14.3. The van der Waals surface area contributed by atoms with Gasteiger partial charge in [0.05, 0.1) is 24.2 Å². The fraction of sp³-hybridized carbons (Fsp3) is 0.132. The lowest BCUT2D eigenvalue weighted by Crippen LogP contribution is -2.29. The van der Waals surface area contributed by atoms with Gasteiger partial charge in [0.1, 0.15) is 63.1 Å². The number of halogens is 2. The van der Waals surface area contributed by atoms with Crippen LogP contribution in [-0.2, 0) is 22.6 Å². The zero-order valence-electron chi connectivity index (χ0n) is 45.6. The third-order valence-corrected chi connectivity index (χ3v) is 13.9. The molecule has 0 aliphatic carbocycles. The predicted molar refractivity (Wildman–Crippen MR) is 308 cm³/mol. The first kappa shape index (κ1) is 55.3. The minimum Gasteiger partial charge on any atom is -0.506 e. The van der Waals surface area contributed by atoms with Gasteiger partial charge < -0.3 is 24.1 Å². The van der Waals surface area contributed by atoms with Gasteiger partial charge >= 0.3 is 5.97 Å². The molecule has 8 aromatic carbocycles. The van der Waals surface area contributed by atoms with Crippen molar-refractivity contribution < 1.29 is 56.8 Å². The largest absolute Gasteiger partial charge is 0.506 e. The number of imide groups is 2. The Kier molecular flexibility index (Phi) is 15.4. The van der Waals surface area contributed by atoms with Crippen molar-refractivity contribution in [2.24, 2.45) is 0 Å². The molecule has 0 saturated heterocycles. The first-order valence-electron chi connectivity index (χ1n) is 26.8. The summed E-state index contributed by atoms with van der Waals surface area (Å²) in [7, 11) is 0. The molecular formula is C68H52F2N4O10. The van der Waals surface area contributed by atoms with Gasteiger partial charge in [-0.3, -0.25) is 38.9 Å². The molecule has 0 saturated carbocycles. The molecule has 2 aliphatic rings. The molecule has 418 valence electrons. The molecule has 10 aromatic rings. The summed E-state index contributed by atoms with van der Waals surface area (Å²) >= 11 is 0. The van der Waals surface area contributed by atoms with Gasteiger partial charge in [-0.15, -0.1) is 0 Å². The smallest absolute Gasteiger partial charge is 0.344 e. The Balaban J connectivity index is 0.000000178. The second-order valence-electron chi connectivity index (χ2n) is 20.8. The number of ether oxygens (including phenoxy) is 4. The van der Waals surface area contributed by atoms with Crippen LogP contribution in [0.25, 0.3) is 21.8 Å². The Bertz CT molecular complexity index is 4050. The molecule has 2 aliphatic heterocycles. The van der Waals surface area contributed by atoms with Gasteiger partial charge in [0, 0.05) is 23.2 Å². The third kappa shape index (κ3) is 11.2. The van der Waals surface area contributed by atoms with Gasteiger partial charge in [0.15, 0.2) is 18.1 Å². The summed E-state index contributed by atoms with van der Waals surface area (Å²) in [6.45, 7) is 4.49. The number of benzene rings is 8. The summed E-state index contributed by atoms with van der Waals surface area (Å²) in [5, 5.41) is 11.8. The Morgan fingerprint density at radius 3 is 1.24 bits per heavy atom. The van der Waals surface area contributed by atoms with Crippen LogP contribution in [0.1, 0.15) is 108 Å². The van der Waals surface area contributed by atoms with Crippen molar-refractivity contribution in [3.63, 3.8) is 0 Å². The van der Waals surface area contributed by atoms with Crippen LogP contribution in [0.4, 0.5) is 8.78 Å². The summed E-state index contributed by atoms with van der Waals surface area (Å²) in [6.07, 6.45) is 1.81. The number of nitrogens with zero attached hydrogens (tertiary/aromatic N) is 4. The molecule has 0 radical (unpaired) electrons. The highest BCUT2D eigenvalue weighted by Gasteiger charge is 2.45. The quantitative estimate of drug-likeness (QED) is 0.0761. The molecule has 0 fully saturated rings. The number of hydrogen-bond donors (Lipinski definition) is 1. The number of hydrogen-bond acceptors (Lipinski definition) is 12. The molecule has 0 spiro atoms. The van der Waals surface area contributed by atoms with Crippen LogP contribution >= 0.6 is 0 Å². The van der Waals surface area contributed by atoms with E-state index in [1.807, 2.05) is 121 Å². The van der Waals surface area contributed by atoms with E-state index in [0.717, 1.165) is 32.1 Å². The van der Waals surface area contributed by atoms with E-state index in [4.69, 9.17) is 18.9 Å². The number of aromatic hydroxyl groups is 1. The Hall–Kier alpha value is -10.6. The molecular weight excluding hydrogens is 1070 g/mol. The van der Waals surface area contributed by atoms with Crippen molar-refractivity contribution in [1.82, 2.24) is 19.8 Å². The van der Waals surface area contributed by atoms with E-state index in [2.05, 4.69) is 9.97 Å². The lowest BCUT2D eigenvalue weighted by Gasteiger charge is -2.23. The van der Waals surface area contributed by atoms with Crippen LogP contribution in [0.2, 0.25) is 0 Å². The van der Waals surface area contributed by atoms with E-state index >= 15 is 0 Å². The minimum atomic E-state index is -0.759. The van der Waals surface area contributed by atoms with Gasteiger partial charge in [-0.25, -0.2) is 13.6 Å². The van der Waals surface area contributed by atoms with Crippen molar-refractivity contribution in [1.29, 1.82) is 0 Å². The van der Waals surface area contributed by atoms with Crippen molar-refractivity contribution in [2.75, 3.05) is 6.61 Å².